The van der Waals surface area contributed by atoms with E-state index < -0.39 is 0 Å². The summed E-state index contributed by atoms with van der Waals surface area (Å²) >= 11 is 0. The van der Waals surface area contributed by atoms with Gasteiger partial charge in [0.05, 0.1) is 12.4 Å². The van der Waals surface area contributed by atoms with Gasteiger partial charge in [0.1, 0.15) is 11.6 Å². The molecule has 0 atom stereocenters. The van der Waals surface area contributed by atoms with E-state index in [1.807, 2.05) is 11.9 Å². The Labute approximate surface area is 83.9 Å². The fourth-order valence-corrected chi connectivity index (χ4v) is 1.09. The van der Waals surface area contributed by atoms with Crippen molar-refractivity contribution in [1.29, 1.82) is 0 Å². The van der Waals surface area contributed by atoms with Crippen molar-refractivity contribution in [3.05, 3.63) is 12.4 Å². The van der Waals surface area contributed by atoms with Gasteiger partial charge >= 0.3 is 0 Å². The monoisotopic (exact) mass is 196 g/mol. The number of methoxy groups -OCH3 is 1. The molecule has 0 spiro atoms. The second-order valence-corrected chi connectivity index (χ2v) is 3.07. The van der Waals surface area contributed by atoms with E-state index in [9.17, 15) is 0 Å². The van der Waals surface area contributed by atoms with E-state index >= 15 is 0 Å². The molecule has 0 aliphatic carbocycles. The van der Waals surface area contributed by atoms with E-state index in [4.69, 9.17) is 10.5 Å². The third-order valence-electron chi connectivity index (χ3n) is 1.89. The average molecular weight is 196 g/mol. The number of ether oxygens (including phenoxy) is 1. The van der Waals surface area contributed by atoms with Crippen LogP contribution in [0.15, 0.2) is 12.4 Å². The SMILES string of the molecule is COCCCN(C)c1cnc(N)cn1. The van der Waals surface area contributed by atoms with E-state index in [1.54, 1.807) is 19.5 Å². The van der Waals surface area contributed by atoms with Crippen molar-refractivity contribution >= 4 is 11.6 Å². The Hall–Kier alpha value is -1.36. The molecule has 0 aliphatic heterocycles. The zero-order valence-electron chi connectivity index (χ0n) is 8.60. The molecule has 0 aromatic carbocycles. The normalized spacial score (nSPS) is 10.1. The zero-order valence-corrected chi connectivity index (χ0v) is 8.60. The van der Waals surface area contributed by atoms with Crippen LogP contribution < -0.4 is 10.6 Å². The van der Waals surface area contributed by atoms with Crippen molar-refractivity contribution in [3.8, 4) is 0 Å². The first-order valence-electron chi connectivity index (χ1n) is 4.51. The summed E-state index contributed by atoms with van der Waals surface area (Å²) in [6.45, 7) is 1.65. The van der Waals surface area contributed by atoms with Gasteiger partial charge in [0, 0.05) is 27.3 Å². The minimum Gasteiger partial charge on any atom is -0.385 e. The van der Waals surface area contributed by atoms with Crippen LogP contribution in [0.4, 0.5) is 11.6 Å². The third-order valence-corrected chi connectivity index (χ3v) is 1.89. The van der Waals surface area contributed by atoms with Crippen molar-refractivity contribution in [2.75, 3.05) is 37.9 Å². The molecule has 1 rings (SSSR count). The minimum absolute atomic E-state index is 0.444. The number of nitrogens with two attached hydrogens (primary N) is 1. The molecule has 78 valence electrons. The summed E-state index contributed by atoms with van der Waals surface area (Å²) in [7, 11) is 3.67. The molecule has 1 heterocycles. The average Bonchev–Trinajstić information content (AvgIpc) is 2.19. The Morgan fingerprint density at radius 1 is 1.43 bits per heavy atom. The Balaban J connectivity index is 2.43. The number of nitrogen functional groups attached to an aromatic ring is 1. The molecular formula is C9H16N4O. The van der Waals surface area contributed by atoms with Crippen LogP contribution in [0.1, 0.15) is 6.42 Å². The summed E-state index contributed by atoms with van der Waals surface area (Å²) in [5.41, 5.74) is 5.44. The van der Waals surface area contributed by atoms with Gasteiger partial charge in [0.25, 0.3) is 0 Å². The molecule has 14 heavy (non-hydrogen) atoms. The molecule has 0 saturated carbocycles. The Bertz CT molecular complexity index is 262. The third kappa shape index (κ3) is 3.18. The molecule has 2 N–H and O–H groups in total. The second kappa shape index (κ2) is 5.39. The smallest absolute Gasteiger partial charge is 0.146 e. The number of anilines is 2. The topological polar surface area (TPSA) is 64.3 Å². The summed E-state index contributed by atoms with van der Waals surface area (Å²) in [5, 5.41) is 0. The lowest BCUT2D eigenvalue weighted by Crippen LogP contribution is -2.21. The summed E-state index contributed by atoms with van der Waals surface area (Å²) in [6.07, 6.45) is 4.20. The first-order valence-corrected chi connectivity index (χ1v) is 4.51. The number of rotatable bonds is 5. The molecule has 1 aromatic rings. The van der Waals surface area contributed by atoms with Crippen LogP contribution >= 0.6 is 0 Å². The van der Waals surface area contributed by atoms with Gasteiger partial charge in [-0.05, 0) is 6.42 Å². The van der Waals surface area contributed by atoms with Crippen molar-refractivity contribution < 1.29 is 4.74 Å². The minimum atomic E-state index is 0.444. The molecule has 1 aromatic heterocycles. The highest BCUT2D eigenvalue weighted by molar-refractivity contribution is 5.38. The number of aromatic nitrogens is 2. The fraction of sp³-hybridized carbons (Fsp3) is 0.556. The molecule has 0 unspecified atom stereocenters. The van der Waals surface area contributed by atoms with E-state index in [2.05, 4.69) is 9.97 Å². The van der Waals surface area contributed by atoms with Gasteiger partial charge < -0.3 is 15.4 Å². The highest BCUT2D eigenvalue weighted by Gasteiger charge is 2.01. The first kappa shape index (κ1) is 10.7. The van der Waals surface area contributed by atoms with Crippen LogP contribution in [0, 0.1) is 0 Å². The van der Waals surface area contributed by atoms with Gasteiger partial charge in [-0.2, -0.15) is 0 Å². The molecule has 0 radical (unpaired) electrons. The summed E-state index contributed by atoms with van der Waals surface area (Å²) in [6, 6.07) is 0. The highest BCUT2D eigenvalue weighted by Crippen LogP contribution is 2.07. The van der Waals surface area contributed by atoms with Crippen molar-refractivity contribution in [2.24, 2.45) is 0 Å². The van der Waals surface area contributed by atoms with Crippen LogP contribution in [0.3, 0.4) is 0 Å². The Kier molecular flexibility index (Phi) is 4.12. The van der Waals surface area contributed by atoms with E-state index in [0.29, 0.717) is 5.82 Å². The van der Waals surface area contributed by atoms with Gasteiger partial charge in [-0.15, -0.1) is 0 Å². The van der Waals surface area contributed by atoms with Gasteiger partial charge in [0.2, 0.25) is 0 Å². The molecule has 0 saturated heterocycles. The highest BCUT2D eigenvalue weighted by atomic mass is 16.5. The van der Waals surface area contributed by atoms with E-state index in [1.165, 1.54) is 0 Å². The Morgan fingerprint density at radius 3 is 2.79 bits per heavy atom. The van der Waals surface area contributed by atoms with E-state index in [0.717, 1.165) is 25.4 Å². The largest absolute Gasteiger partial charge is 0.385 e. The predicted octanol–water partition coefficient (Wildman–Crippen LogP) is 0.531. The summed E-state index contributed by atoms with van der Waals surface area (Å²) in [4.78, 5) is 10.1. The van der Waals surface area contributed by atoms with E-state index in [-0.39, 0.29) is 0 Å². The number of hydrogen-bond donors (Lipinski definition) is 1. The fourth-order valence-electron chi connectivity index (χ4n) is 1.09. The zero-order chi connectivity index (χ0) is 10.4. The number of nitrogens with zero attached hydrogens (tertiary/aromatic N) is 3. The number of hydrogen-bond acceptors (Lipinski definition) is 5. The predicted molar refractivity (Wildman–Crippen MR) is 56.2 cm³/mol. The lowest BCUT2D eigenvalue weighted by Gasteiger charge is -2.16. The van der Waals surface area contributed by atoms with Crippen molar-refractivity contribution in [1.82, 2.24) is 9.97 Å². The molecule has 0 amide bonds. The lowest BCUT2D eigenvalue weighted by molar-refractivity contribution is 0.196. The van der Waals surface area contributed by atoms with Gasteiger partial charge in [-0.25, -0.2) is 9.97 Å². The van der Waals surface area contributed by atoms with Crippen LogP contribution in [0.5, 0.6) is 0 Å². The molecule has 5 heteroatoms. The molecule has 5 nitrogen and oxygen atoms in total. The second-order valence-electron chi connectivity index (χ2n) is 3.07. The van der Waals surface area contributed by atoms with Crippen LogP contribution in [-0.2, 0) is 4.74 Å². The molecule has 0 fully saturated rings. The van der Waals surface area contributed by atoms with Crippen LogP contribution in [0.2, 0.25) is 0 Å². The van der Waals surface area contributed by atoms with Gasteiger partial charge in [-0.1, -0.05) is 0 Å². The standard InChI is InChI=1S/C9H16N4O/c1-13(4-3-5-14-2)9-7-11-8(10)6-12-9/h6-7H,3-5H2,1-2H3,(H2,10,11). The summed E-state index contributed by atoms with van der Waals surface area (Å²) < 4.78 is 4.96. The lowest BCUT2D eigenvalue weighted by atomic mass is 10.4. The van der Waals surface area contributed by atoms with Gasteiger partial charge in [0.15, 0.2) is 0 Å². The van der Waals surface area contributed by atoms with Crippen molar-refractivity contribution in [2.45, 2.75) is 6.42 Å². The summed E-state index contributed by atoms with van der Waals surface area (Å²) in [5.74, 6) is 1.27. The molecular weight excluding hydrogens is 180 g/mol. The molecule has 0 bridgehead atoms. The first-order chi connectivity index (χ1) is 6.74. The van der Waals surface area contributed by atoms with Crippen LogP contribution in [-0.4, -0.2) is 37.3 Å². The van der Waals surface area contributed by atoms with Crippen LogP contribution in [0.25, 0.3) is 0 Å². The maximum Gasteiger partial charge on any atom is 0.146 e. The maximum atomic E-state index is 5.44. The quantitative estimate of drug-likeness (QED) is 0.696. The molecule has 0 aliphatic rings. The maximum absolute atomic E-state index is 5.44. The van der Waals surface area contributed by atoms with Gasteiger partial charge in [-0.3, -0.25) is 0 Å². The Morgan fingerprint density at radius 2 is 2.21 bits per heavy atom. The van der Waals surface area contributed by atoms with Crippen molar-refractivity contribution in [3.63, 3.8) is 0 Å².